The summed E-state index contributed by atoms with van der Waals surface area (Å²) in [4.78, 5) is 1.62. The summed E-state index contributed by atoms with van der Waals surface area (Å²) >= 11 is 0. The Balaban J connectivity index is -0.0000000750. The van der Waals surface area contributed by atoms with Crippen molar-refractivity contribution < 1.29 is 21.1 Å². The van der Waals surface area contributed by atoms with E-state index >= 15 is 0 Å². The molecule has 0 aliphatic carbocycles. The fourth-order valence-electron chi connectivity index (χ4n) is 0. The normalized spacial score (nSPS) is 6.75. The van der Waals surface area contributed by atoms with Gasteiger partial charge in [-0.15, -0.1) is 0 Å². The zero-order chi connectivity index (χ0) is 6.28. The van der Waals surface area contributed by atoms with Crippen molar-refractivity contribution in [2.24, 2.45) is 0 Å². The molecule has 0 aromatic heterocycles. The predicted octanol–water partition coefficient (Wildman–Crippen LogP) is 1.92. The zero-order valence-corrected chi connectivity index (χ0v) is 8.91. The molecule has 0 saturated heterocycles. The van der Waals surface area contributed by atoms with Crippen molar-refractivity contribution in [2.75, 3.05) is 6.54 Å². The van der Waals surface area contributed by atoms with Gasteiger partial charge in [0.1, 0.15) is 0 Å². The minimum absolute atomic E-state index is 0. The van der Waals surface area contributed by atoms with E-state index in [1.54, 1.807) is 4.90 Å². The maximum absolute atomic E-state index is 3.48. The fraction of sp³-hybridized carbons (Fsp3) is 0.667. The van der Waals surface area contributed by atoms with Crippen LogP contribution in [0.4, 0.5) is 0 Å². The largest absolute Gasteiger partial charge is 2.00 e. The number of nitrogens with zero attached hydrogens (tertiary/aromatic N) is 1. The first-order valence-corrected chi connectivity index (χ1v) is 2.66. The van der Waals surface area contributed by atoms with Crippen molar-refractivity contribution in [3.63, 3.8) is 0 Å². The Morgan fingerprint density at radius 3 is 1.38 bits per heavy atom. The molecule has 0 saturated carbocycles. The van der Waals surface area contributed by atoms with Crippen LogP contribution in [-0.4, -0.2) is 11.4 Å². The van der Waals surface area contributed by atoms with Gasteiger partial charge >= 0.3 is 21.1 Å². The Morgan fingerprint density at radius 2 is 1.38 bits per heavy atom. The molecule has 0 aliphatic rings. The van der Waals surface area contributed by atoms with E-state index in [-0.39, 0.29) is 21.1 Å². The van der Waals surface area contributed by atoms with Crippen molar-refractivity contribution in [1.29, 1.82) is 0 Å². The van der Waals surface area contributed by atoms with Crippen LogP contribution in [0.3, 0.4) is 0 Å². The Hall–Kier alpha value is 0.648. The number of rotatable bonds is 1. The maximum Gasteiger partial charge on any atom is 2.00 e. The van der Waals surface area contributed by atoms with Gasteiger partial charge in [-0.2, -0.15) is 0 Å². The van der Waals surface area contributed by atoms with E-state index in [4.69, 9.17) is 0 Å². The molecule has 1 nitrogen and oxygen atoms in total. The predicted molar refractivity (Wildman–Crippen MR) is 34.4 cm³/mol. The Bertz CT molecular complexity index is 22.5. The third kappa shape index (κ3) is 30.2. The number of hydrogen-bond acceptors (Lipinski definition) is 1. The first-order valence-electron chi connectivity index (χ1n) is 2.66. The summed E-state index contributed by atoms with van der Waals surface area (Å²) in [6.07, 6.45) is 0. The minimum atomic E-state index is 0. The van der Waals surface area contributed by atoms with Crippen LogP contribution in [0.15, 0.2) is 0 Å². The van der Waals surface area contributed by atoms with Gasteiger partial charge in [0, 0.05) is 0 Å². The average molecular weight is 285 g/mol. The van der Waals surface area contributed by atoms with E-state index < -0.39 is 0 Å². The summed E-state index contributed by atoms with van der Waals surface area (Å²) in [5.74, 6) is 0. The average Bonchev–Trinajstić information content (AvgIpc) is 1.73. The molecule has 0 bridgehead atoms. The summed E-state index contributed by atoms with van der Waals surface area (Å²) in [5, 5.41) is 0. The summed E-state index contributed by atoms with van der Waals surface area (Å²) in [6, 6.07) is 0. The SMILES string of the molecule is CC.[CH2-]N([CH2-])CC.[W+2]. The van der Waals surface area contributed by atoms with Crippen LogP contribution >= 0.6 is 0 Å². The molecule has 0 N–H and O–H groups in total. The van der Waals surface area contributed by atoms with Crippen LogP contribution in [0, 0.1) is 14.1 Å². The van der Waals surface area contributed by atoms with Gasteiger partial charge in [0.25, 0.3) is 0 Å². The second kappa shape index (κ2) is 15.6. The third-order valence-electron chi connectivity index (χ3n) is 0.447. The Kier molecular flexibility index (Phi) is 31.0. The Labute approximate surface area is 67.7 Å². The van der Waals surface area contributed by atoms with Crippen LogP contribution in [0.1, 0.15) is 20.8 Å². The molecule has 0 fully saturated rings. The van der Waals surface area contributed by atoms with Gasteiger partial charge in [-0.1, -0.05) is 27.3 Å². The van der Waals surface area contributed by atoms with E-state index in [0.717, 1.165) is 6.54 Å². The van der Waals surface area contributed by atoms with Gasteiger partial charge < -0.3 is 19.0 Å². The first kappa shape index (κ1) is 15.9. The summed E-state index contributed by atoms with van der Waals surface area (Å²) in [5.41, 5.74) is 0. The van der Waals surface area contributed by atoms with Gasteiger partial charge in [-0.25, -0.2) is 0 Å². The molecule has 0 aromatic carbocycles. The molecule has 0 rings (SSSR count). The first-order chi connectivity index (χ1) is 3.27. The summed E-state index contributed by atoms with van der Waals surface area (Å²) < 4.78 is 0. The molecule has 0 spiro atoms. The summed E-state index contributed by atoms with van der Waals surface area (Å²) in [6.45, 7) is 6.92. The van der Waals surface area contributed by atoms with Crippen molar-refractivity contribution in [2.45, 2.75) is 20.8 Å². The van der Waals surface area contributed by atoms with Gasteiger partial charge in [0.15, 0.2) is 0 Å². The van der Waals surface area contributed by atoms with E-state index in [0.29, 0.717) is 0 Å². The maximum atomic E-state index is 3.48. The van der Waals surface area contributed by atoms with Gasteiger partial charge in [0.2, 0.25) is 0 Å². The van der Waals surface area contributed by atoms with Crippen molar-refractivity contribution >= 4 is 0 Å². The van der Waals surface area contributed by atoms with E-state index in [2.05, 4.69) is 14.1 Å². The van der Waals surface area contributed by atoms with Crippen molar-refractivity contribution in [3.05, 3.63) is 14.1 Å². The quantitative estimate of drug-likeness (QED) is 0.665. The topological polar surface area (TPSA) is 3.24 Å². The van der Waals surface area contributed by atoms with E-state index in [1.807, 2.05) is 20.8 Å². The van der Waals surface area contributed by atoms with Crippen LogP contribution in [-0.2, 0) is 21.1 Å². The third-order valence-corrected chi connectivity index (χ3v) is 0.447. The molecule has 0 aromatic rings. The minimum Gasteiger partial charge on any atom is -0.611 e. The standard InChI is InChI=1S/C4H9N.C2H6.W/c1-4-5(2)3;1-2;/h2-4H2,1H3;1-2H3;/q-2;;+2. The van der Waals surface area contributed by atoms with Crippen LogP contribution in [0.25, 0.3) is 0 Å². The van der Waals surface area contributed by atoms with E-state index in [9.17, 15) is 0 Å². The van der Waals surface area contributed by atoms with Crippen LogP contribution < -0.4 is 0 Å². The number of hydrogen-bond donors (Lipinski definition) is 0. The van der Waals surface area contributed by atoms with Gasteiger partial charge in [0.05, 0.1) is 0 Å². The molecule has 0 unspecified atom stereocenters. The van der Waals surface area contributed by atoms with Crippen LogP contribution in [0.2, 0.25) is 0 Å². The molecular formula is C6H15NW. The Morgan fingerprint density at radius 1 is 1.25 bits per heavy atom. The summed E-state index contributed by atoms with van der Waals surface area (Å²) in [7, 11) is 6.96. The van der Waals surface area contributed by atoms with Crippen LogP contribution in [0.5, 0.6) is 0 Å². The second-order valence-electron chi connectivity index (χ2n) is 0.987. The molecule has 0 heterocycles. The molecule has 0 radical (unpaired) electrons. The zero-order valence-electron chi connectivity index (χ0n) is 5.98. The van der Waals surface area contributed by atoms with Crippen molar-refractivity contribution in [1.82, 2.24) is 4.90 Å². The monoisotopic (exact) mass is 285 g/mol. The molecule has 50 valence electrons. The molecule has 2 heteroatoms. The molecule has 0 aliphatic heterocycles. The molecular weight excluding hydrogens is 270 g/mol. The van der Waals surface area contributed by atoms with Crippen molar-refractivity contribution in [3.8, 4) is 0 Å². The second-order valence-corrected chi connectivity index (χ2v) is 0.987. The molecule has 8 heavy (non-hydrogen) atoms. The van der Waals surface area contributed by atoms with Gasteiger partial charge in [-0.3, -0.25) is 0 Å². The fourth-order valence-corrected chi connectivity index (χ4v) is 0. The smallest absolute Gasteiger partial charge is 0.611 e. The van der Waals surface area contributed by atoms with Gasteiger partial charge in [-0.05, 0) is 0 Å². The molecule has 0 atom stereocenters. The molecule has 0 amide bonds. The van der Waals surface area contributed by atoms with E-state index in [1.165, 1.54) is 0 Å².